The molecule has 0 amide bonds. The first-order valence-corrected chi connectivity index (χ1v) is 6.33. The number of nitrogens with zero attached hydrogens (tertiary/aromatic N) is 1. The molecule has 0 fully saturated rings. The number of rotatable bonds is 1. The Morgan fingerprint density at radius 1 is 1.17 bits per heavy atom. The minimum Gasteiger partial charge on any atom is -0.389 e. The van der Waals surface area contributed by atoms with Crippen molar-refractivity contribution in [2.75, 3.05) is 5.73 Å². The van der Waals surface area contributed by atoms with E-state index in [9.17, 15) is 8.78 Å². The van der Waals surface area contributed by atoms with Gasteiger partial charge in [0.25, 0.3) is 0 Å². The Kier molecular flexibility index (Phi) is 3.11. The molecule has 0 atom stereocenters. The third-order valence-electron chi connectivity index (χ3n) is 2.49. The third kappa shape index (κ3) is 2.22. The lowest BCUT2D eigenvalue weighted by Gasteiger charge is -2.13. The van der Waals surface area contributed by atoms with Crippen LogP contribution < -0.4 is 5.73 Å². The highest BCUT2D eigenvalue weighted by molar-refractivity contribution is 7.16. The number of benzene rings is 1. The van der Waals surface area contributed by atoms with Gasteiger partial charge in [-0.2, -0.15) is 0 Å². The Bertz CT molecular complexity index is 565. The zero-order valence-corrected chi connectivity index (χ0v) is 11.2. The predicted molar refractivity (Wildman–Crippen MR) is 70.6 cm³/mol. The van der Waals surface area contributed by atoms with Crippen molar-refractivity contribution in [2.24, 2.45) is 0 Å². The zero-order chi connectivity index (χ0) is 13.5. The number of hydrogen-bond acceptors (Lipinski definition) is 3. The van der Waals surface area contributed by atoms with Crippen LogP contribution in [0.25, 0.3) is 11.3 Å². The normalized spacial score (nSPS) is 11.8. The highest BCUT2D eigenvalue weighted by Crippen LogP contribution is 2.37. The van der Waals surface area contributed by atoms with Crippen molar-refractivity contribution < 1.29 is 8.78 Å². The first kappa shape index (κ1) is 13.0. The predicted octanol–water partition coefficient (Wildman–Crippen LogP) is 3.97. The lowest BCUT2D eigenvalue weighted by molar-refractivity contribution is 0.579. The smallest absolute Gasteiger partial charge is 0.135 e. The topological polar surface area (TPSA) is 38.9 Å². The fraction of sp³-hybridized carbons (Fsp3) is 0.308. The monoisotopic (exact) mass is 268 g/mol. The van der Waals surface area contributed by atoms with Crippen LogP contribution in [0.4, 0.5) is 13.8 Å². The summed E-state index contributed by atoms with van der Waals surface area (Å²) >= 11 is 1.27. The van der Waals surface area contributed by atoms with Gasteiger partial charge in [0.1, 0.15) is 27.3 Å². The molecule has 0 spiro atoms. The number of hydrogen-bond donors (Lipinski definition) is 1. The fourth-order valence-electron chi connectivity index (χ4n) is 1.56. The van der Waals surface area contributed by atoms with Gasteiger partial charge in [-0.1, -0.05) is 26.8 Å². The van der Waals surface area contributed by atoms with Gasteiger partial charge in [0, 0.05) is 5.41 Å². The number of aromatic nitrogens is 1. The summed E-state index contributed by atoms with van der Waals surface area (Å²) in [5.41, 5.74) is 5.68. The minimum absolute atomic E-state index is 0.151. The number of halogens is 2. The molecule has 0 aliphatic carbocycles. The second-order valence-corrected chi connectivity index (χ2v) is 6.11. The van der Waals surface area contributed by atoms with Crippen LogP contribution in [0.5, 0.6) is 0 Å². The SMILES string of the molecule is CC(C)(C)c1nc(-c2c(F)cccc2F)c(N)s1. The summed E-state index contributed by atoms with van der Waals surface area (Å²) < 4.78 is 27.4. The molecule has 0 saturated carbocycles. The molecule has 0 aliphatic rings. The molecule has 5 heteroatoms. The van der Waals surface area contributed by atoms with E-state index >= 15 is 0 Å². The van der Waals surface area contributed by atoms with Crippen molar-refractivity contribution in [2.45, 2.75) is 26.2 Å². The summed E-state index contributed by atoms with van der Waals surface area (Å²) in [6.07, 6.45) is 0. The van der Waals surface area contributed by atoms with Gasteiger partial charge >= 0.3 is 0 Å². The molecular formula is C13H14F2N2S. The molecular weight excluding hydrogens is 254 g/mol. The van der Waals surface area contributed by atoms with Crippen molar-refractivity contribution in [3.8, 4) is 11.3 Å². The van der Waals surface area contributed by atoms with Crippen LogP contribution in [0.3, 0.4) is 0 Å². The summed E-state index contributed by atoms with van der Waals surface area (Å²) in [6, 6.07) is 3.73. The number of thiazole rings is 1. The molecule has 2 nitrogen and oxygen atoms in total. The Morgan fingerprint density at radius 2 is 1.72 bits per heavy atom. The standard InChI is InChI=1S/C13H14F2N2S/c1-13(2,3)12-17-10(11(16)18-12)9-7(14)5-4-6-8(9)15/h4-6H,16H2,1-3H3. The van der Waals surface area contributed by atoms with Crippen molar-refractivity contribution in [1.82, 2.24) is 4.98 Å². The Hall–Kier alpha value is -1.49. The zero-order valence-electron chi connectivity index (χ0n) is 10.4. The van der Waals surface area contributed by atoms with Crippen LogP contribution in [-0.4, -0.2) is 4.98 Å². The molecule has 2 rings (SSSR count). The highest BCUT2D eigenvalue weighted by Gasteiger charge is 2.24. The van der Waals surface area contributed by atoms with Gasteiger partial charge in [-0.15, -0.1) is 11.3 Å². The fourth-order valence-corrected chi connectivity index (χ4v) is 2.45. The number of nitrogen functional groups attached to an aromatic ring is 1. The molecule has 96 valence electrons. The average molecular weight is 268 g/mol. The van der Waals surface area contributed by atoms with Crippen molar-refractivity contribution in [3.63, 3.8) is 0 Å². The molecule has 0 aliphatic heterocycles. The Balaban J connectivity index is 2.62. The summed E-state index contributed by atoms with van der Waals surface area (Å²) in [6.45, 7) is 5.94. The van der Waals surface area contributed by atoms with Gasteiger partial charge in [-0.05, 0) is 12.1 Å². The van der Waals surface area contributed by atoms with Crippen molar-refractivity contribution in [1.29, 1.82) is 0 Å². The van der Waals surface area contributed by atoms with Gasteiger partial charge in [0.15, 0.2) is 0 Å². The molecule has 1 heterocycles. The lowest BCUT2D eigenvalue weighted by Crippen LogP contribution is -2.10. The summed E-state index contributed by atoms with van der Waals surface area (Å²) in [4.78, 5) is 4.29. The van der Waals surface area contributed by atoms with Crippen LogP contribution in [0, 0.1) is 11.6 Å². The first-order valence-electron chi connectivity index (χ1n) is 5.52. The molecule has 2 aromatic rings. The first-order chi connectivity index (χ1) is 8.30. The van der Waals surface area contributed by atoms with E-state index in [2.05, 4.69) is 4.98 Å². The second kappa shape index (κ2) is 4.31. The highest BCUT2D eigenvalue weighted by atomic mass is 32.1. The quantitative estimate of drug-likeness (QED) is 0.850. The van der Waals surface area contributed by atoms with Crippen LogP contribution in [-0.2, 0) is 5.41 Å². The van der Waals surface area contributed by atoms with E-state index < -0.39 is 11.6 Å². The van der Waals surface area contributed by atoms with Crippen LogP contribution >= 0.6 is 11.3 Å². The summed E-state index contributed by atoms with van der Waals surface area (Å²) in [5.74, 6) is -1.29. The largest absolute Gasteiger partial charge is 0.389 e. The van der Waals surface area contributed by atoms with Crippen LogP contribution in [0.15, 0.2) is 18.2 Å². The molecule has 2 N–H and O–H groups in total. The van der Waals surface area contributed by atoms with E-state index in [1.165, 1.54) is 29.5 Å². The maximum absolute atomic E-state index is 13.7. The van der Waals surface area contributed by atoms with Crippen LogP contribution in [0.1, 0.15) is 25.8 Å². The van der Waals surface area contributed by atoms with E-state index in [1.807, 2.05) is 20.8 Å². The second-order valence-electron chi connectivity index (χ2n) is 5.08. The van der Waals surface area contributed by atoms with Gasteiger partial charge in [-0.3, -0.25) is 0 Å². The number of anilines is 1. The Labute approximate surface area is 108 Å². The van der Waals surface area contributed by atoms with E-state index in [0.29, 0.717) is 5.00 Å². The van der Waals surface area contributed by atoms with Crippen molar-refractivity contribution in [3.05, 3.63) is 34.8 Å². The molecule has 0 saturated heterocycles. The molecule has 0 unspecified atom stereocenters. The van der Waals surface area contributed by atoms with Gasteiger partial charge < -0.3 is 5.73 Å². The third-order valence-corrected chi connectivity index (χ3v) is 3.80. The molecule has 0 bridgehead atoms. The molecule has 1 aromatic carbocycles. The summed E-state index contributed by atoms with van der Waals surface area (Å²) in [7, 11) is 0. The summed E-state index contributed by atoms with van der Waals surface area (Å²) in [5, 5.41) is 1.10. The Morgan fingerprint density at radius 3 is 2.17 bits per heavy atom. The molecule has 18 heavy (non-hydrogen) atoms. The maximum atomic E-state index is 13.7. The van der Waals surface area contributed by atoms with E-state index in [-0.39, 0.29) is 16.7 Å². The van der Waals surface area contributed by atoms with E-state index in [1.54, 1.807) is 0 Å². The van der Waals surface area contributed by atoms with Crippen molar-refractivity contribution >= 4 is 16.3 Å². The van der Waals surface area contributed by atoms with Crippen LogP contribution in [0.2, 0.25) is 0 Å². The maximum Gasteiger partial charge on any atom is 0.135 e. The van der Waals surface area contributed by atoms with Gasteiger partial charge in [-0.25, -0.2) is 13.8 Å². The average Bonchev–Trinajstić information content (AvgIpc) is 2.60. The van der Waals surface area contributed by atoms with Gasteiger partial charge in [0.2, 0.25) is 0 Å². The number of nitrogens with two attached hydrogens (primary N) is 1. The molecule has 0 radical (unpaired) electrons. The van der Waals surface area contributed by atoms with E-state index in [4.69, 9.17) is 5.73 Å². The minimum atomic E-state index is -0.646. The lowest BCUT2D eigenvalue weighted by atomic mass is 9.98. The molecule has 1 aromatic heterocycles. The van der Waals surface area contributed by atoms with Gasteiger partial charge in [0.05, 0.1) is 5.56 Å². The van der Waals surface area contributed by atoms with E-state index in [0.717, 1.165) is 5.01 Å².